The van der Waals surface area contributed by atoms with E-state index < -0.39 is 0 Å². The number of hydrogen-bond donors (Lipinski definition) is 0. The number of hydrogen-bond acceptors (Lipinski definition) is 5. The molecule has 11 aromatic carbocycles. The summed E-state index contributed by atoms with van der Waals surface area (Å²) < 4.78 is 2.21. The zero-order valence-corrected chi connectivity index (χ0v) is 41.3. The number of fused-ring (bicyclic) bond motifs is 9. The number of rotatable bonds is 8. The van der Waals surface area contributed by atoms with Crippen molar-refractivity contribution in [1.29, 1.82) is 0 Å². The Hall–Kier alpha value is -9.68. The summed E-state index contributed by atoms with van der Waals surface area (Å²) in [4.78, 5) is 22.5. The Bertz CT molecular complexity index is 4700. The van der Waals surface area contributed by atoms with Crippen molar-refractivity contribution in [3.8, 4) is 100 Å². The molecule has 13 aromatic rings. The van der Waals surface area contributed by atoms with Gasteiger partial charge in [-0.15, -0.1) is 11.3 Å². The highest BCUT2D eigenvalue weighted by atomic mass is 32.1. The van der Waals surface area contributed by atoms with Crippen LogP contribution in [0.1, 0.15) is 0 Å². The first-order chi connectivity index (χ1) is 37.2. The van der Waals surface area contributed by atoms with Crippen LogP contribution in [0, 0.1) is 10.4 Å². The van der Waals surface area contributed by atoms with Gasteiger partial charge >= 0.3 is 0 Å². The highest BCUT2D eigenvalue weighted by Crippen LogP contribution is 2.60. The number of aromatic nitrogens is 2. The normalized spacial score (nSPS) is 11.9. The summed E-state index contributed by atoms with van der Waals surface area (Å²) in [6.07, 6.45) is 2.02. The summed E-state index contributed by atoms with van der Waals surface area (Å²) in [5.41, 5.74) is 21.0. The zero-order chi connectivity index (χ0) is 49.4. The topological polar surface area (TPSA) is 50.5 Å². The lowest BCUT2D eigenvalue weighted by molar-refractivity contribution is 1.23. The molecule has 0 fully saturated rings. The Morgan fingerprint density at radius 1 is 0.280 bits per heavy atom. The van der Waals surface area contributed by atoms with E-state index in [0.717, 1.165) is 143 Å². The first kappa shape index (κ1) is 43.0. The molecular weight excluding hydrogens is 929 g/mol. The standard InChI is InChI=1S/C70H42N4S/c1-4-22-43(23-5-1)46-28-10-12-30-48(46)50-32-14-16-35-53(50)62-61(45-26-8-3-9-27-45)63(54-36-17-15-33-51(54)49-31-13-11-29-47(49)44-24-6-2-7-25-44)66(70-71-42-60-67(74-70)56-37-19-21-39-59(56)75-60)69-65(62)64-58(73-69)41-40-55-52-34-18-20-38-57(52)72-68(55)64/h1-42H. The van der Waals surface area contributed by atoms with Crippen LogP contribution in [0.15, 0.2) is 265 Å². The molecule has 15 rings (SSSR count). The van der Waals surface area contributed by atoms with E-state index in [4.69, 9.17) is 20.0 Å². The van der Waals surface area contributed by atoms with Gasteiger partial charge in [-0.3, -0.25) is 0 Å². The minimum atomic E-state index is 0.614. The van der Waals surface area contributed by atoms with Crippen LogP contribution in [-0.4, -0.2) is 9.97 Å². The van der Waals surface area contributed by atoms with Crippen LogP contribution in [-0.2, 0) is 0 Å². The Balaban J connectivity index is 1.17. The van der Waals surface area contributed by atoms with E-state index in [1.807, 2.05) is 6.20 Å². The molecule has 2 aliphatic rings. The number of para-hydroxylation sites is 1. The molecule has 0 bridgehead atoms. The SMILES string of the molecule is c1ccc(-c2ccccc2-c2ccccc2-c2c(-c3ncc4sc5ccccc5c4n3)c3c(c(-c4ccccc4-c4ccccc4-c4ccccc4)c2-c2ccccc2)-c2c4c(ccc2=N3)=c2ccccc2=N4)cc1. The molecule has 0 spiro atoms. The lowest BCUT2D eigenvalue weighted by atomic mass is 9.76. The van der Waals surface area contributed by atoms with Crippen LogP contribution in [0.5, 0.6) is 0 Å². The molecule has 0 N–H and O–H groups in total. The van der Waals surface area contributed by atoms with Gasteiger partial charge in [0.25, 0.3) is 0 Å². The molecule has 4 heterocycles. The van der Waals surface area contributed by atoms with Gasteiger partial charge in [0.2, 0.25) is 0 Å². The highest BCUT2D eigenvalue weighted by Gasteiger charge is 2.36. The van der Waals surface area contributed by atoms with E-state index in [0.29, 0.717) is 5.82 Å². The molecule has 5 heteroatoms. The maximum Gasteiger partial charge on any atom is 0.162 e. The molecule has 0 aliphatic carbocycles. The fourth-order valence-electron chi connectivity index (χ4n) is 11.7. The van der Waals surface area contributed by atoms with E-state index in [1.54, 1.807) is 11.3 Å². The summed E-state index contributed by atoms with van der Waals surface area (Å²) in [6.45, 7) is 0. The van der Waals surface area contributed by atoms with Crippen molar-refractivity contribution < 1.29 is 0 Å². The van der Waals surface area contributed by atoms with E-state index in [1.165, 1.54) is 4.70 Å². The molecule has 0 saturated heterocycles. The number of thiophene rings is 1. The quantitative estimate of drug-likeness (QED) is 0.152. The summed E-state index contributed by atoms with van der Waals surface area (Å²) in [6, 6.07) is 89.3. The largest absolute Gasteiger partial charge is 0.247 e. The van der Waals surface area contributed by atoms with Crippen molar-refractivity contribution in [3.05, 3.63) is 276 Å². The summed E-state index contributed by atoms with van der Waals surface area (Å²) in [5, 5.41) is 5.14. The van der Waals surface area contributed by atoms with Crippen molar-refractivity contribution in [2.24, 2.45) is 9.98 Å². The summed E-state index contributed by atoms with van der Waals surface area (Å²) in [7, 11) is 0. The number of benzene rings is 11. The molecule has 2 aliphatic heterocycles. The van der Waals surface area contributed by atoms with Crippen molar-refractivity contribution in [1.82, 2.24) is 9.97 Å². The average Bonchev–Trinajstić information content (AvgIpc) is 4.28. The molecule has 348 valence electrons. The van der Waals surface area contributed by atoms with Crippen LogP contribution in [0.3, 0.4) is 0 Å². The summed E-state index contributed by atoms with van der Waals surface area (Å²) in [5.74, 6) is 0.614. The predicted octanol–water partition coefficient (Wildman–Crippen LogP) is 17.7. The lowest BCUT2D eigenvalue weighted by Crippen LogP contribution is -2.03. The van der Waals surface area contributed by atoms with Gasteiger partial charge in [0.15, 0.2) is 5.82 Å². The molecule has 2 aromatic heterocycles. The molecular formula is C70H42N4S. The van der Waals surface area contributed by atoms with E-state index in [-0.39, 0.29) is 0 Å². The molecule has 0 radical (unpaired) electrons. The van der Waals surface area contributed by atoms with Crippen LogP contribution in [0.4, 0.5) is 11.4 Å². The third-order valence-electron chi connectivity index (χ3n) is 14.9. The Morgan fingerprint density at radius 3 is 1.39 bits per heavy atom. The molecule has 0 amide bonds. The van der Waals surface area contributed by atoms with Gasteiger partial charge in [-0.25, -0.2) is 20.0 Å². The number of nitrogens with zero attached hydrogens (tertiary/aromatic N) is 4. The fourth-order valence-corrected chi connectivity index (χ4v) is 12.7. The van der Waals surface area contributed by atoms with Crippen molar-refractivity contribution >= 4 is 43.0 Å². The smallest absolute Gasteiger partial charge is 0.162 e. The van der Waals surface area contributed by atoms with Crippen LogP contribution in [0.25, 0.3) is 121 Å². The van der Waals surface area contributed by atoms with Gasteiger partial charge in [0.1, 0.15) is 0 Å². The predicted molar refractivity (Wildman–Crippen MR) is 310 cm³/mol. The molecule has 0 unspecified atom stereocenters. The van der Waals surface area contributed by atoms with Crippen molar-refractivity contribution in [2.45, 2.75) is 0 Å². The third-order valence-corrected chi connectivity index (χ3v) is 16.0. The van der Waals surface area contributed by atoms with Gasteiger partial charge < -0.3 is 0 Å². The second-order valence-corrected chi connectivity index (χ2v) is 20.2. The minimum absolute atomic E-state index is 0.614. The monoisotopic (exact) mass is 970 g/mol. The van der Waals surface area contributed by atoms with E-state index >= 15 is 0 Å². The third kappa shape index (κ3) is 6.90. The van der Waals surface area contributed by atoms with Crippen molar-refractivity contribution in [3.63, 3.8) is 0 Å². The molecule has 75 heavy (non-hydrogen) atoms. The molecule has 0 atom stereocenters. The van der Waals surface area contributed by atoms with Crippen LogP contribution >= 0.6 is 11.3 Å². The highest BCUT2D eigenvalue weighted by molar-refractivity contribution is 7.25. The molecule has 0 saturated carbocycles. The van der Waals surface area contributed by atoms with Gasteiger partial charge in [-0.05, 0) is 91.0 Å². The van der Waals surface area contributed by atoms with Crippen molar-refractivity contribution in [2.75, 3.05) is 0 Å². The first-order valence-corrected chi connectivity index (χ1v) is 26.2. The van der Waals surface area contributed by atoms with Gasteiger partial charge in [0.05, 0.1) is 37.9 Å². The van der Waals surface area contributed by atoms with E-state index in [2.05, 4.69) is 249 Å². The fraction of sp³-hybridized carbons (Fsp3) is 0. The lowest BCUT2D eigenvalue weighted by Gasteiger charge is -2.27. The Kier molecular flexibility index (Phi) is 10.0. The van der Waals surface area contributed by atoms with Gasteiger partial charge in [0, 0.05) is 49.0 Å². The molecule has 4 nitrogen and oxygen atoms in total. The maximum absolute atomic E-state index is 5.87. The van der Waals surface area contributed by atoms with Crippen LogP contribution in [0.2, 0.25) is 0 Å². The minimum Gasteiger partial charge on any atom is -0.247 e. The second-order valence-electron chi connectivity index (χ2n) is 19.1. The Labute approximate surface area is 437 Å². The Morgan fingerprint density at radius 2 is 0.760 bits per heavy atom. The average molecular weight is 971 g/mol. The maximum atomic E-state index is 5.87. The summed E-state index contributed by atoms with van der Waals surface area (Å²) >= 11 is 1.73. The first-order valence-electron chi connectivity index (χ1n) is 25.4. The van der Waals surface area contributed by atoms with E-state index in [9.17, 15) is 0 Å². The van der Waals surface area contributed by atoms with Crippen LogP contribution < -0.4 is 10.7 Å². The zero-order valence-electron chi connectivity index (χ0n) is 40.4. The van der Waals surface area contributed by atoms with Gasteiger partial charge in [-0.1, -0.05) is 224 Å². The second kappa shape index (κ2) is 17.5. The van der Waals surface area contributed by atoms with Gasteiger partial charge in [-0.2, -0.15) is 0 Å².